The number of ether oxygens (including phenoxy) is 1. The third-order valence-corrected chi connectivity index (χ3v) is 2.57. The van der Waals surface area contributed by atoms with Gasteiger partial charge in [0.05, 0.1) is 5.56 Å². The molecule has 0 bridgehead atoms. The van der Waals surface area contributed by atoms with Gasteiger partial charge in [-0.25, -0.2) is 4.79 Å². The van der Waals surface area contributed by atoms with E-state index in [1.54, 1.807) is 24.5 Å². The molecule has 96 valence electrons. The maximum absolute atomic E-state index is 11.8. The highest BCUT2D eigenvalue weighted by Gasteiger charge is 2.08. The van der Waals surface area contributed by atoms with Gasteiger partial charge in [0, 0.05) is 12.4 Å². The standard InChI is InChI=1S/C16H15NO2/c1-13(7-8-14-9-11-17-12-10-14)19-16(18)15-5-3-2-4-6-15/h2-13H,1H3/b8-7+. The molecule has 3 heteroatoms. The normalized spacial score (nSPS) is 12.3. The van der Waals surface area contributed by atoms with Crippen LogP contribution in [-0.4, -0.2) is 17.1 Å². The van der Waals surface area contributed by atoms with E-state index in [9.17, 15) is 4.79 Å². The fourth-order valence-electron chi connectivity index (χ4n) is 1.57. The third kappa shape index (κ3) is 4.07. The first kappa shape index (κ1) is 13.0. The van der Waals surface area contributed by atoms with Crippen LogP contribution in [-0.2, 0) is 4.74 Å². The van der Waals surface area contributed by atoms with Crippen molar-refractivity contribution in [3.8, 4) is 0 Å². The Morgan fingerprint density at radius 3 is 2.53 bits per heavy atom. The number of hydrogen-bond acceptors (Lipinski definition) is 3. The Morgan fingerprint density at radius 1 is 1.16 bits per heavy atom. The van der Waals surface area contributed by atoms with Crippen molar-refractivity contribution in [2.24, 2.45) is 0 Å². The number of pyridine rings is 1. The molecular formula is C16H15NO2. The number of nitrogens with zero attached hydrogens (tertiary/aromatic N) is 1. The number of esters is 1. The number of carbonyl (C=O) groups excluding carboxylic acids is 1. The molecule has 1 atom stereocenters. The predicted octanol–water partition coefficient (Wildman–Crippen LogP) is 3.34. The van der Waals surface area contributed by atoms with E-state index >= 15 is 0 Å². The van der Waals surface area contributed by atoms with Gasteiger partial charge in [-0.3, -0.25) is 4.98 Å². The summed E-state index contributed by atoms with van der Waals surface area (Å²) in [6.45, 7) is 1.83. The Hall–Kier alpha value is -2.42. The minimum absolute atomic E-state index is 0.277. The number of rotatable bonds is 4. The number of benzene rings is 1. The highest BCUT2D eigenvalue weighted by atomic mass is 16.5. The van der Waals surface area contributed by atoms with Crippen LogP contribution in [0.5, 0.6) is 0 Å². The molecule has 19 heavy (non-hydrogen) atoms. The van der Waals surface area contributed by atoms with Crippen LogP contribution in [0.25, 0.3) is 6.08 Å². The minimum Gasteiger partial charge on any atom is -0.455 e. The van der Waals surface area contributed by atoms with Crippen molar-refractivity contribution >= 4 is 12.0 Å². The molecule has 2 rings (SSSR count). The molecule has 0 aliphatic heterocycles. The summed E-state index contributed by atoms with van der Waals surface area (Å²) in [6.07, 6.45) is 6.92. The third-order valence-electron chi connectivity index (χ3n) is 2.57. The van der Waals surface area contributed by atoms with Crippen molar-refractivity contribution in [2.75, 3.05) is 0 Å². The van der Waals surface area contributed by atoms with E-state index in [2.05, 4.69) is 4.98 Å². The zero-order valence-corrected chi connectivity index (χ0v) is 10.7. The lowest BCUT2D eigenvalue weighted by Crippen LogP contribution is -2.12. The predicted molar refractivity (Wildman–Crippen MR) is 74.6 cm³/mol. The number of hydrogen-bond donors (Lipinski definition) is 0. The largest absolute Gasteiger partial charge is 0.455 e. The van der Waals surface area contributed by atoms with Crippen LogP contribution < -0.4 is 0 Å². The minimum atomic E-state index is -0.313. The maximum Gasteiger partial charge on any atom is 0.338 e. The van der Waals surface area contributed by atoms with Crippen molar-refractivity contribution in [3.05, 3.63) is 72.1 Å². The molecule has 0 saturated heterocycles. The molecule has 0 spiro atoms. The first-order valence-electron chi connectivity index (χ1n) is 6.10. The number of aromatic nitrogens is 1. The van der Waals surface area contributed by atoms with Gasteiger partial charge in [0.1, 0.15) is 6.10 Å². The van der Waals surface area contributed by atoms with Gasteiger partial charge in [0.25, 0.3) is 0 Å². The maximum atomic E-state index is 11.8. The zero-order valence-electron chi connectivity index (χ0n) is 10.7. The fraction of sp³-hybridized carbons (Fsp3) is 0.125. The second-order valence-electron chi connectivity index (χ2n) is 4.12. The highest BCUT2D eigenvalue weighted by Crippen LogP contribution is 2.06. The summed E-state index contributed by atoms with van der Waals surface area (Å²) < 4.78 is 5.32. The Bertz CT molecular complexity index is 549. The molecule has 0 amide bonds. The summed E-state index contributed by atoms with van der Waals surface area (Å²) in [6, 6.07) is 12.7. The average Bonchev–Trinajstić information content (AvgIpc) is 2.47. The van der Waals surface area contributed by atoms with E-state index in [0.717, 1.165) is 5.56 Å². The molecule has 0 radical (unpaired) electrons. The summed E-state index contributed by atoms with van der Waals surface area (Å²) >= 11 is 0. The zero-order chi connectivity index (χ0) is 13.5. The smallest absolute Gasteiger partial charge is 0.338 e. The highest BCUT2D eigenvalue weighted by molar-refractivity contribution is 5.89. The molecule has 0 fully saturated rings. The first-order valence-corrected chi connectivity index (χ1v) is 6.10. The Morgan fingerprint density at radius 2 is 1.84 bits per heavy atom. The monoisotopic (exact) mass is 253 g/mol. The molecular weight excluding hydrogens is 238 g/mol. The molecule has 1 aromatic heterocycles. The summed E-state index contributed by atoms with van der Waals surface area (Å²) in [5.74, 6) is -0.313. The topological polar surface area (TPSA) is 39.2 Å². The van der Waals surface area contributed by atoms with Crippen molar-refractivity contribution in [1.29, 1.82) is 0 Å². The fourth-order valence-corrected chi connectivity index (χ4v) is 1.57. The van der Waals surface area contributed by atoms with Gasteiger partial charge >= 0.3 is 5.97 Å². The van der Waals surface area contributed by atoms with E-state index < -0.39 is 0 Å². The molecule has 1 unspecified atom stereocenters. The van der Waals surface area contributed by atoms with E-state index in [4.69, 9.17) is 4.74 Å². The number of carbonyl (C=O) groups is 1. The van der Waals surface area contributed by atoms with Crippen LogP contribution >= 0.6 is 0 Å². The molecule has 0 saturated carbocycles. The van der Waals surface area contributed by atoms with E-state index in [1.807, 2.05) is 49.4 Å². The quantitative estimate of drug-likeness (QED) is 0.784. The average molecular weight is 253 g/mol. The van der Waals surface area contributed by atoms with Crippen molar-refractivity contribution < 1.29 is 9.53 Å². The van der Waals surface area contributed by atoms with Gasteiger partial charge in [-0.05, 0) is 42.8 Å². The molecule has 0 N–H and O–H groups in total. The van der Waals surface area contributed by atoms with Crippen LogP contribution in [0.4, 0.5) is 0 Å². The molecule has 0 aliphatic rings. The molecule has 1 aromatic carbocycles. The van der Waals surface area contributed by atoms with Gasteiger partial charge < -0.3 is 4.74 Å². The van der Waals surface area contributed by atoms with Crippen molar-refractivity contribution in [1.82, 2.24) is 4.98 Å². The van der Waals surface area contributed by atoms with Crippen molar-refractivity contribution in [3.63, 3.8) is 0 Å². The van der Waals surface area contributed by atoms with E-state index in [0.29, 0.717) is 5.56 Å². The summed E-state index contributed by atoms with van der Waals surface area (Å²) in [5.41, 5.74) is 1.59. The van der Waals surface area contributed by atoms with Crippen LogP contribution in [0, 0.1) is 0 Å². The summed E-state index contributed by atoms with van der Waals surface area (Å²) in [5, 5.41) is 0. The lowest BCUT2D eigenvalue weighted by molar-refractivity contribution is 0.0426. The van der Waals surface area contributed by atoms with Gasteiger partial charge in [0.15, 0.2) is 0 Å². The van der Waals surface area contributed by atoms with Crippen molar-refractivity contribution in [2.45, 2.75) is 13.0 Å². The first-order chi connectivity index (χ1) is 9.25. The summed E-state index contributed by atoms with van der Waals surface area (Å²) in [7, 11) is 0. The van der Waals surface area contributed by atoms with Crippen LogP contribution in [0.1, 0.15) is 22.8 Å². The van der Waals surface area contributed by atoms with Crippen LogP contribution in [0.2, 0.25) is 0 Å². The van der Waals surface area contributed by atoms with E-state index in [1.165, 1.54) is 0 Å². The van der Waals surface area contributed by atoms with Crippen LogP contribution in [0.15, 0.2) is 60.9 Å². The van der Waals surface area contributed by atoms with Gasteiger partial charge in [-0.1, -0.05) is 24.3 Å². The molecule has 2 aromatic rings. The second-order valence-corrected chi connectivity index (χ2v) is 4.12. The SMILES string of the molecule is CC(/C=C/c1ccncc1)OC(=O)c1ccccc1. The lowest BCUT2D eigenvalue weighted by Gasteiger charge is -2.09. The van der Waals surface area contributed by atoms with E-state index in [-0.39, 0.29) is 12.1 Å². The van der Waals surface area contributed by atoms with Gasteiger partial charge in [0.2, 0.25) is 0 Å². The second kappa shape index (κ2) is 6.50. The Kier molecular flexibility index (Phi) is 4.45. The Labute approximate surface area is 112 Å². The van der Waals surface area contributed by atoms with Crippen LogP contribution in [0.3, 0.4) is 0 Å². The molecule has 0 aliphatic carbocycles. The Balaban J connectivity index is 1.93. The summed E-state index contributed by atoms with van der Waals surface area (Å²) in [4.78, 5) is 15.7. The lowest BCUT2D eigenvalue weighted by atomic mass is 10.2. The molecule has 3 nitrogen and oxygen atoms in total. The molecule has 1 heterocycles. The van der Waals surface area contributed by atoms with Gasteiger partial charge in [-0.2, -0.15) is 0 Å². The van der Waals surface area contributed by atoms with Gasteiger partial charge in [-0.15, -0.1) is 0 Å².